The predicted octanol–water partition coefficient (Wildman–Crippen LogP) is 3.04. The molecule has 2 aliphatic rings. The number of aliphatic hydroxyl groups is 1. The van der Waals surface area contributed by atoms with E-state index in [1.54, 1.807) is 0 Å². The molecule has 1 saturated heterocycles. The number of β-amino-alcohol motifs (C(OH)–C–C–N with tert-alkyl or cyclic N) is 1. The number of carbonyl (C=O) groups is 1. The van der Waals surface area contributed by atoms with Gasteiger partial charge in [0, 0.05) is 45.0 Å². The summed E-state index contributed by atoms with van der Waals surface area (Å²) in [4.78, 5) is 15.3. The number of anilines is 1. The van der Waals surface area contributed by atoms with Gasteiger partial charge in [-0.2, -0.15) is 13.2 Å². The van der Waals surface area contributed by atoms with Crippen molar-refractivity contribution in [3.05, 3.63) is 47.7 Å². The molecule has 2 aliphatic heterocycles. The Kier molecular flexibility index (Phi) is 11.8. The van der Waals surface area contributed by atoms with Crippen molar-refractivity contribution in [3.63, 3.8) is 0 Å². The summed E-state index contributed by atoms with van der Waals surface area (Å²) in [6, 6.07) is 9.73. The number of sulfonamides is 1. The minimum Gasteiger partial charge on any atom is -0.493 e. The molecule has 3 heterocycles. The minimum absolute atomic E-state index is 0.00468. The number of hydrogen-bond acceptors (Lipinski definition) is 9. The van der Waals surface area contributed by atoms with Gasteiger partial charge < -0.3 is 25.0 Å². The van der Waals surface area contributed by atoms with E-state index >= 15 is 0 Å². The number of alkyl halides is 3. The number of rotatable bonds is 11. The zero-order valence-electron chi connectivity index (χ0n) is 24.4. The van der Waals surface area contributed by atoms with Crippen LogP contribution in [0.3, 0.4) is 0 Å². The lowest BCUT2D eigenvalue weighted by molar-refractivity contribution is -0.192. The molecule has 1 fully saturated rings. The Morgan fingerprint density at radius 1 is 1.28 bits per heavy atom. The molecule has 0 saturated carbocycles. The molecule has 1 aromatic carbocycles. The van der Waals surface area contributed by atoms with Crippen molar-refractivity contribution in [1.29, 1.82) is 0 Å². The molecule has 2 aromatic rings. The average molecular weight is 633 g/mol. The first-order valence-electron chi connectivity index (χ1n) is 13.8. The number of methoxy groups -OCH3 is 1. The highest BCUT2D eigenvalue weighted by molar-refractivity contribution is 7.89. The van der Waals surface area contributed by atoms with Gasteiger partial charge in [0.1, 0.15) is 4.90 Å². The number of fused-ring (bicyclic) bond motifs is 1. The second-order valence-electron chi connectivity index (χ2n) is 11.1. The number of carboxylic acids is 1. The van der Waals surface area contributed by atoms with Crippen molar-refractivity contribution in [2.24, 2.45) is 5.92 Å². The normalized spacial score (nSPS) is 19.1. The Bertz CT molecular complexity index is 1340. The third kappa shape index (κ3) is 10.6. The molecular formula is C28H39F3N4O7S. The number of carboxylic acid groups (broad SMARTS) is 1. The lowest BCUT2D eigenvalue weighted by Crippen LogP contribution is -2.42. The number of pyridine rings is 1. The van der Waals surface area contributed by atoms with Crippen LogP contribution in [0.5, 0.6) is 5.75 Å². The fourth-order valence-electron chi connectivity index (χ4n) is 4.96. The van der Waals surface area contributed by atoms with Crippen molar-refractivity contribution in [1.82, 2.24) is 14.6 Å². The van der Waals surface area contributed by atoms with E-state index in [1.807, 2.05) is 12.1 Å². The summed E-state index contributed by atoms with van der Waals surface area (Å²) in [5.74, 6) is -1.42. The van der Waals surface area contributed by atoms with Gasteiger partial charge in [0.2, 0.25) is 10.0 Å². The molecule has 2 atom stereocenters. The Labute approximate surface area is 249 Å². The van der Waals surface area contributed by atoms with Gasteiger partial charge in [0.05, 0.1) is 25.4 Å². The maximum absolute atomic E-state index is 12.9. The Morgan fingerprint density at radius 2 is 1.95 bits per heavy atom. The summed E-state index contributed by atoms with van der Waals surface area (Å²) in [5.41, 5.74) is 2.51. The number of nitrogens with zero attached hydrogens (tertiary/aromatic N) is 2. The van der Waals surface area contributed by atoms with Crippen LogP contribution in [0.1, 0.15) is 37.8 Å². The van der Waals surface area contributed by atoms with Crippen LogP contribution in [0.15, 0.2) is 41.4 Å². The van der Waals surface area contributed by atoms with E-state index in [4.69, 9.17) is 19.4 Å². The van der Waals surface area contributed by atoms with Crippen LogP contribution in [-0.4, -0.2) is 92.3 Å². The first-order valence-corrected chi connectivity index (χ1v) is 15.3. The van der Waals surface area contributed by atoms with Gasteiger partial charge in [-0.25, -0.2) is 22.9 Å². The van der Waals surface area contributed by atoms with Crippen molar-refractivity contribution < 1.29 is 46.1 Å². The van der Waals surface area contributed by atoms with Crippen molar-refractivity contribution in [2.75, 3.05) is 45.2 Å². The molecule has 0 aliphatic carbocycles. The van der Waals surface area contributed by atoms with Crippen LogP contribution in [-0.2, 0) is 32.5 Å². The van der Waals surface area contributed by atoms with E-state index in [1.165, 1.54) is 30.5 Å². The zero-order valence-corrected chi connectivity index (χ0v) is 25.2. The van der Waals surface area contributed by atoms with Crippen LogP contribution in [0.4, 0.5) is 19.0 Å². The first-order chi connectivity index (χ1) is 20.1. The fourth-order valence-corrected chi connectivity index (χ4v) is 5.99. The molecule has 1 unspecified atom stereocenters. The van der Waals surface area contributed by atoms with Crippen LogP contribution in [0.2, 0.25) is 0 Å². The van der Waals surface area contributed by atoms with Gasteiger partial charge in [-0.15, -0.1) is 0 Å². The topological polar surface area (TPSA) is 150 Å². The fraction of sp³-hybridized carbons (Fsp3) is 0.571. The summed E-state index contributed by atoms with van der Waals surface area (Å²) >= 11 is 0. The maximum Gasteiger partial charge on any atom is 0.490 e. The second kappa shape index (κ2) is 14.7. The molecule has 0 radical (unpaired) electrons. The summed E-state index contributed by atoms with van der Waals surface area (Å²) < 4.78 is 71.1. The first kappa shape index (κ1) is 34.5. The van der Waals surface area contributed by atoms with E-state index in [2.05, 4.69) is 45.9 Å². The summed E-state index contributed by atoms with van der Waals surface area (Å²) in [6.45, 7) is 7.54. The number of nitrogens with one attached hydrogen (secondary N) is 2. The number of hydrogen-bond donors (Lipinski definition) is 4. The minimum atomic E-state index is -5.08. The molecule has 0 amide bonds. The number of aliphatic hydroxyl groups excluding tert-OH is 1. The molecule has 15 heteroatoms. The van der Waals surface area contributed by atoms with Gasteiger partial charge >= 0.3 is 12.1 Å². The zero-order chi connectivity index (χ0) is 31.8. The monoisotopic (exact) mass is 632 g/mol. The van der Waals surface area contributed by atoms with Gasteiger partial charge in [-0.1, -0.05) is 24.3 Å². The summed E-state index contributed by atoms with van der Waals surface area (Å²) in [7, 11) is -2.37. The van der Waals surface area contributed by atoms with Crippen LogP contribution in [0.25, 0.3) is 0 Å². The van der Waals surface area contributed by atoms with Gasteiger partial charge in [0.25, 0.3) is 0 Å². The van der Waals surface area contributed by atoms with Crippen molar-refractivity contribution in [3.8, 4) is 5.75 Å². The van der Waals surface area contributed by atoms with Gasteiger partial charge in [-0.3, -0.25) is 4.90 Å². The Hall–Kier alpha value is -2.98. The maximum atomic E-state index is 12.9. The molecule has 0 spiro atoms. The molecule has 4 N–H and O–H groups in total. The van der Waals surface area contributed by atoms with Crippen LogP contribution >= 0.6 is 0 Å². The molecule has 0 bridgehead atoms. The molecule has 43 heavy (non-hydrogen) atoms. The number of aromatic nitrogens is 1. The number of ether oxygens (including phenoxy) is 2. The van der Waals surface area contributed by atoms with E-state index in [0.717, 1.165) is 39.0 Å². The highest BCUT2D eigenvalue weighted by Crippen LogP contribution is 2.31. The van der Waals surface area contributed by atoms with Gasteiger partial charge in [0.15, 0.2) is 11.6 Å². The van der Waals surface area contributed by atoms with E-state index in [9.17, 15) is 26.7 Å². The van der Waals surface area contributed by atoms with E-state index < -0.39 is 28.3 Å². The lowest BCUT2D eigenvalue weighted by atomic mass is 9.95. The molecule has 11 nitrogen and oxygen atoms in total. The second-order valence-corrected chi connectivity index (χ2v) is 12.9. The number of aliphatic carboxylic acids is 1. The third-order valence-electron chi connectivity index (χ3n) is 7.12. The predicted molar refractivity (Wildman–Crippen MR) is 152 cm³/mol. The Balaban J connectivity index is 0.000000646. The van der Waals surface area contributed by atoms with E-state index in [-0.39, 0.29) is 17.0 Å². The molecule has 1 aromatic heterocycles. The van der Waals surface area contributed by atoms with E-state index in [0.29, 0.717) is 30.6 Å². The van der Waals surface area contributed by atoms with Gasteiger partial charge in [-0.05, 0) is 50.2 Å². The smallest absolute Gasteiger partial charge is 0.490 e. The largest absolute Gasteiger partial charge is 0.493 e. The van der Waals surface area contributed by atoms with Crippen molar-refractivity contribution >= 4 is 21.8 Å². The summed E-state index contributed by atoms with van der Waals surface area (Å²) in [5, 5.41) is 20.9. The lowest BCUT2D eigenvalue weighted by Gasteiger charge is -2.30. The average Bonchev–Trinajstić information content (AvgIpc) is 3.30. The molecule has 240 valence electrons. The highest BCUT2D eigenvalue weighted by Gasteiger charge is 2.38. The standard InChI is InChI=1S/C26H38N4O5S.C2HF3O2/c1-26(2)13-19(18-35-26)8-10-27-25-24(34-3)12-23(15-28-25)36(32,33)29-14-22(31)17-30-11-9-20-6-4-5-7-21(20)16-30;3-2(4,5)1(6)7/h4-7,12,15,19,22,29,31H,8-11,13-14,16-18H2,1-3H3,(H,27,28);(H,6,7)/t19?,22-;/m1./s1. The quantitative estimate of drug-likeness (QED) is 0.291. The number of halogens is 3. The number of benzene rings is 1. The summed E-state index contributed by atoms with van der Waals surface area (Å²) in [6.07, 6.45) is -1.74. The molecular weight excluding hydrogens is 593 g/mol. The highest BCUT2D eigenvalue weighted by atomic mass is 32.2. The van der Waals surface area contributed by atoms with Crippen molar-refractivity contribution in [2.45, 2.75) is 62.4 Å². The Morgan fingerprint density at radius 3 is 2.56 bits per heavy atom. The third-order valence-corrected chi connectivity index (χ3v) is 8.51. The van der Waals surface area contributed by atoms with Crippen LogP contribution < -0.4 is 14.8 Å². The SMILES string of the molecule is COc1cc(S(=O)(=O)NC[C@@H](O)CN2CCc3ccccc3C2)cnc1NCCC1COC(C)(C)C1.O=C(O)C(F)(F)F. The molecule has 4 rings (SSSR count). The van der Waals surface area contributed by atoms with Crippen LogP contribution in [0, 0.1) is 5.92 Å².